The number of carbonyl (C=O) groups is 1. The second-order valence-electron chi connectivity index (χ2n) is 8.02. The molecule has 2 atom stereocenters. The lowest BCUT2D eigenvalue weighted by Crippen LogP contribution is -2.51. The maximum atomic E-state index is 14.7. The zero-order chi connectivity index (χ0) is 21.1. The van der Waals surface area contributed by atoms with Crippen molar-refractivity contribution in [3.63, 3.8) is 0 Å². The molecule has 2 aliphatic rings. The highest BCUT2D eigenvalue weighted by Crippen LogP contribution is 2.56. The summed E-state index contributed by atoms with van der Waals surface area (Å²) in [6.07, 6.45) is 0. The van der Waals surface area contributed by atoms with Gasteiger partial charge in [0.25, 0.3) is 0 Å². The predicted molar refractivity (Wildman–Crippen MR) is 117 cm³/mol. The van der Waals surface area contributed by atoms with E-state index in [0.29, 0.717) is 5.56 Å². The third kappa shape index (κ3) is 2.11. The van der Waals surface area contributed by atoms with Crippen molar-refractivity contribution < 1.29 is 14.5 Å². The standard InChI is InChI=1S/C28H19NO2/c30-26-27(21-14-6-2-7-15-21)23-18-10-11-19-24(23)28(26,31)29(22-16-8-3-9-17-22)25(27)20-12-4-1-5-13-20/h1-19H/t27-,28+/m1/s1. The van der Waals surface area contributed by atoms with Gasteiger partial charge in [0.15, 0.2) is 11.1 Å². The molecule has 0 aromatic heterocycles. The van der Waals surface area contributed by atoms with Crippen LogP contribution < -0.4 is 5.11 Å². The average Bonchev–Trinajstić information content (AvgIpc) is 3.18. The van der Waals surface area contributed by atoms with Gasteiger partial charge in [0.1, 0.15) is 0 Å². The molecule has 148 valence electrons. The van der Waals surface area contributed by atoms with Gasteiger partial charge in [0.2, 0.25) is 17.2 Å². The van der Waals surface area contributed by atoms with E-state index in [9.17, 15) is 9.90 Å². The minimum atomic E-state index is -2.03. The van der Waals surface area contributed by atoms with E-state index < -0.39 is 11.1 Å². The van der Waals surface area contributed by atoms with Crippen molar-refractivity contribution in [3.05, 3.63) is 138 Å². The predicted octanol–water partition coefficient (Wildman–Crippen LogP) is 3.92. The monoisotopic (exact) mass is 401 g/mol. The second kappa shape index (κ2) is 6.34. The molecule has 4 aromatic carbocycles. The maximum Gasteiger partial charge on any atom is 0.218 e. The van der Waals surface area contributed by atoms with E-state index >= 15 is 0 Å². The lowest BCUT2D eigenvalue weighted by Gasteiger charge is -2.32. The molecule has 1 aliphatic carbocycles. The molecule has 3 heteroatoms. The fourth-order valence-electron chi connectivity index (χ4n) is 5.33. The first-order valence-corrected chi connectivity index (χ1v) is 10.4. The zero-order valence-electron chi connectivity index (χ0n) is 16.7. The Labute approximate surface area is 180 Å². The van der Waals surface area contributed by atoms with E-state index in [4.69, 9.17) is 0 Å². The van der Waals surface area contributed by atoms with Gasteiger partial charge in [-0.2, -0.15) is 4.58 Å². The van der Waals surface area contributed by atoms with E-state index in [0.717, 1.165) is 28.1 Å². The molecule has 6 rings (SSSR count). The number of hydrogen-bond donors (Lipinski definition) is 0. The molecule has 1 aliphatic heterocycles. The summed E-state index contributed by atoms with van der Waals surface area (Å²) in [6, 6.07) is 36.5. The van der Waals surface area contributed by atoms with Crippen LogP contribution in [0, 0.1) is 0 Å². The molecule has 4 aromatic rings. The first-order valence-electron chi connectivity index (χ1n) is 10.4. The van der Waals surface area contributed by atoms with Gasteiger partial charge in [-0.15, -0.1) is 0 Å². The van der Waals surface area contributed by atoms with Gasteiger partial charge in [-0.25, -0.2) is 0 Å². The van der Waals surface area contributed by atoms with Crippen LogP contribution in [0.2, 0.25) is 0 Å². The Hall–Kier alpha value is -3.82. The Balaban J connectivity index is 1.84. The number of rotatable bonds is 3. The summed E-state index contributed by atoms with van der Waals surface area (Å²) < 4.78 is 1.72. The highest BCUT2D eigenvalue weighted by atomic mass is 16.3. The Kier molecular flexibility index (Phi) is 3.68. The summed E-state index contributed by atoms with van der Waals surface area (Å²) in [6.45, 7) is 0. The van der Waals surface area contributed by atoms with Crippen LogP contribution in [0.3, 0.4) is 0 Å². The number of Topliss-reactive ketones (excluding diaryl/α,β-unsaturated/α-hetero) is 1. The molecule has 0 amide bonds. The molecule has 0 saturated heterocycles. The van der Waals surface area contributed by atoms with Crippen molar-refractivity contribution in [1.29, 1.82) is 0 Å². The van der Waals surface area contributed by atoms with Crippen molar-refractivity contribution in [2.45, 2.75) is 11.1 Å². The van der Waals surface area contributed by atoms with Crippen LogP contribution in [-0.4, -0.2) is 16.1 Å². The minimum Gasteiger partial charge on any atom is -0.785 e. The SMILES string of the molecule is O=C1[C@@]2(c3ccccc3)C(c3ccccc3)=[N+](c3ccccc3)[C@]1([O-])c1ccccc12. The lowest BCUT2D eigenvalue weighted by atomic mass is 9.69. The number of ketones is 1. The second-order valence-corrected chi connectivity index (χ2v) is 8.02. The molecule has 0 spiro atoms. The minimum absolute atomic E-state index is 0.338. The summed E-state index contributed by atoms with van der Waals surface area (Å²) in [5, 5.41) is 14.7. The topological polar surface area (TPSA) is 43.1 Å². The molecule has 3 nitrogen and oxygen atoms in total. The molecule has 0 N–H and O–H groups in total. The van der Waals surface area contributed by atoms with Crippen molar-refractivity contribution >= 4 is 17.2 Å². The zero-order valence-corrected chi connectivity index (χ0v) is 16.7. The Morgan fingerprint density at radius 3 is 1.77 bits per heavy atom. The van der Waals surface area contributed by atoms with E-state index in [2.05, 4.69) is 0 Å². The summed E-state index contributed by atoms with van der Waals surface area (Å²) >= 11 is 0. The molecule has 0 fully saturated rings. The van der Waals surface area contributed by atoms with Crippen LogP contribution >= 0.6 is 0 Å². The van der Waals surface area contributed by atoms with Crippen LogP contribution in [0.1, 0.15) is 22.3 Å². The smallest absolute Gasteiger partial charge is 0.218 e. The van der Waals surface area contributed by atoms with Gasteiger partial charge < -0.3 is 5.11 Å². The number of benzene rings is 4. The summed E-state index contributed by atoms with van der Waals surface area (Å²) in [7, 11) is 0. The van der Waals surface area contributed by atoms with Gasteiger partial charge >= 0.3 is 0 Å². The fraction of sp³-hybridized carbons (Fsp3) is 0.0714. The number of carbonyl (C=O) groups excluding carboxylic acids is 1. The van der Waals surface area contributed by atoms with Crippen molar-refractivity contribution in [3.8, 4) is 0 Å². The number of fused-ring (bicyclic) bond motifs is 5. The Morgan fingerprint density at radius 2 is 1.13 bits per heavy atom. The van der Waals surface area contributed by atoms with Crippen molar-refractivity contribution in [2.75, 3.05) is 0 Å². The quantitative estimate of drug-likeness (QED) is 0.489. The number of hydrogen-bond acceptors (Lipinski definition) is 2. The molecule has 0 unspecified atom stereocenters. The summed E-state index contributed by atoms with van der Waals surface area (Å²) in [5.41, 5.74) is 1.27. The van der Waals surface area contributed by atoms with Crippen LogP contribution in [-0.2, 0) is 15.9 Å². The highest BCUT2D eigenvalue weighted by Gasteiger charge is 2.72. The van der Waals surface area contributed by atoms with Gasteiger partial charge in [0.05, 0.1) is 0 Å². The van der Waals surface area contributed by atoms with Gasteiger partial charge in [0, 0.05) is 23.3 Å². The Bertz CT molecular complexity index is 1350. The van der Waals surface area contributed by atoms with E-state index in [1.165, 1.54) is 0 Å². The van der Waals surface area contributed by atoms with Gasteiger partial charge in [-0.05, 0) is 23.3 Å². The number of nitrogens with zero attached hydrogens (tertiary/aromatic N) is 1. The molecular weight excluding hydrogens is 382 g/mol. The maximum absolute atomic E-state index is 14.7. The van der Waals surface area contributed by atoms with E-state index in [-0.39, 0.29) is 5.78 Å². The van der Waals surface area contributed by atoms with Crippen LogP contribution in [0.4, 0.5) is 5.69 Å². The van der Waals surface area contributed by atoms with E-state index in [1.807, 2.05) is 115 Å². The molecule has 0 saturated carbocycles. The van der Waals surface area contributed by atoms with E-state index in [1.54, 1.807) is 4.58 Å². The Morgan fingerprint density at radius 1 is 0.613 bits per heavy atom. The first-order chi connectivity index (χ1) is 15.2. The van der Waals surface area contributed by atoms with Crippen molar-refractivity contribution in [1.82, 2.24) is 0 Å². The molecule has 31 heavy (non-hydrogen) atoms. The average molecular weight is 401 g/mol. The van der Waals surface area contributed by atoms with Crippen molar-refractivity contribution in [2.24, 2.45) is 0 Å². The molecule has 1 heterocycles. The van der Waals surface area contributed by atoms with Crippen LogP contribution in [0.5, 0.6) is 0 Å². The van der Waals surface area contributed by atoms with Gasteiger partial charge in [-0.3, -0.25) is 4.79 Å². The summed E-state index contributed by atoms with van der Waals surface area (Å²) in [5.74, 6) is -0.338. The summed E-state index contributed by atoms with van der Waals surface area (Å²) in [4.78, 5) is 14.3. The lowest BCUT2D eigenvalue weighted by molar-refractivity contribution is -0.729. The third-order valence-corrected chi connectivity index (χ3v) is 6.51. The molecule has 0 radical (unpaired) electrons. The highest BCUT2D eigenvalue weighted by molar-refractivity contribution is 6.29. The van der Waals surface area contributed by atoms with Crippen LogP contribution in [0.15, 0.2) is 115 Å². The molecular formula is C28H19NO2. The third-order valence-electron chi connectivity index (χ3n) is 6.51. The molecule has 2 bridgehead atoms. The number of para-hydroxylation sites is 1. The van der Waals surface area contributed by atoms with Crippen LogP contribution in [0.25, 0.3) is 0 Å². The fourth-order valence-corrected chi connectivity index (χ4v) is 5.33. The largest absolute Gasteiger partial charge is 0.785 e. The van der Waals surface area contributed by atoms with Gasteiger partial charge in [-0.1, -0.05) is 91.0 Å². The normalized spacial score (nSPS) is 23.8. The first kappa shape index (κ1) is 18.0.